The number of alkyl halides is 1. The second-order valence-corrected chi connectivity index (χ2v) is 10.8. The van der Waals surface area contributed by atoms with E-state index >= 15 is 4.39 Å². The van der Waals surface area contributed by atoms with Crippen LogP contribution in [0.15, 0.2) is 47.2 Å². The molecule has 3 aromatic rings. The topological polar surface area (TPSA) is 120 Å². The standard InChI is InChI=1S/C27H33FN4O6/c1-17-12-20(30-38-17)22-26(28,16-36-5)14-27(24(34)35,15-31-11-7-10-29-31)32(22)23(33)18-8-9-19(25(2,3)4)21(13-18)37-6/h7-13,22H,14-16H2,1-6H3,(H,34,35). The summed E-state index contributed by atoms with van der Waals surface area (Å²) < 4.78 is 34.3. The van der Waals surface area contributed by atoms with Crippen LogP contribution in [0.2, 0.25) is 0 Å². The maximum atomic E-state index is 16.9. The summed E-state index contributed by atoms with van der Waals surface area (Å²) in [6.07, 6.45) is 2.50. The molecule has 10 nitrogen and oxygen atoms in total. The van der Waals surface area contributed by atoms with Gasteiger partial charge in [0.15, 0.2) is 11.2 Å². The molecule has 1 aromatic carbocycles. The molecule has 1 saturated heterocycles. The third-order valence-corrected chi connectivity index (χ3v) is 6.96. The van der Waals surface area contributed by atoms with Gasteiger partial charge in [0.2, 0.25) is 0 Å². The predicted octanol–water partition coefficient (Wildman–Crippen LogP) is 3.95. The van der Waals surface area contributed by atoms with Crippen LogP contribution in [-0.4, -0.2) is 68.9 Å². The van der Waals surface area contributed by atoms with Gasteiger partial charge in [-0.2, -0.15) is 5.10 Å². The smallest absolute Gasteiger partial charge is 0.331 e. The van der Waals surface area contributed by atoms with Crippen LogP contribution >= 0.6 is 0 Å². The molecule has 4 rings (SSSR count). The molecule has 1 aliphatic rings. The van der Waals surface area contributed by atoms with Crippen molar-refractivity contribution in [3.8, 4) is 5.75 Å². The highest BCUT2D eigenvalue weighted by molar-refractivity contribution is 5.99. The number of rotatable bonds is 8. The molecule has 0 spiro atoms. The Balaban J connectivity index is 1.94. The molecule has 11 heteroatoms. The Kier molecular flexibility index (Phi) is 7.09. The molecule has 1 N–H and O–H groups in total. The molecule has 1 amide bonds. The number of halogens is 1. The van der Waals surface area contributed by atoms with Crippen molar-refractivity contribution in [2.24, 2.45) is 0 Å². The Morgan fingerprint density at radius 1 is 1.26 bits per heavy atom. The van der Waals surface area contributed by atoms with Gasteiger partial charge in [0.25, 0.3) is 5.91 Å². The Bertz CT molecular complexity index is 1320. The van der Waals surface area contributed by atoms with Gasteiger partial charge in [-0.3, -0.25) is 9.48 Å². The van der Waals surface area contributed by atoms with Crippen LogP contribution in [0.25, 0.3) is 0 Å². The molecule has 0 saturated carbocycles. The first-order valence-corrected chi connectivity index (χ1v) is 12.2. The number of carbonyl (C=O) groups excluding carboxylic acids is 1. The van der Waals surface area contributed by atoms with Crippen molar-refractivity contribution in [3.63, 3.8) is 0 Å². The molecule has 1 fully saturated rings. The minimum Gasteiger partial charge on any atom is -0.496 e. The van der Waals surface area contributed by atoms with E-state index in [-0.39, 0.29) is 23.2 Å². The van der Waals surface area contributed by atoms with Crippen LogP contribution in [0.1, 0.15) is 60.6 Å². The van der Waals surface area contributed by atoms with E-state index < -0.39 is 42.2 Å². The van der Waals surface area contributed by atoms with Gasteiger partial charge in [-0.25, -0.2) is 9.18 Å². The largest absolute Gasteiger partial charge is 0.496 e. The minimum atomic E-state index is -2.30. The van der Waals surface area contributed by atoms with Gasteiger partial charge in [0.05, 0.1) is 20.3 Å². The fourth-order valence-corrected chi connectivity index (χ4v) is 5.36. The number of carboxylic acids is 1. The van der Waals surface area contributed by atoms with Crippen LogP contribution in [0, 0.1) is 6.92 Å². The summed E-state index contributed by atoms with van der Waals surface area (Å²) >= 11 is 0. The quantitative estimate of drug-likeness (QED) is 0.467. The number of carboxylic acid groups (broad SMARTS) is 1. The van der Waals surface area contributed by atoms with Crippen molar-refractivity contribution in [1.82, 2.24) is 19.8 Å². The third-order valence-electron chi connectivity index (χ3n) is 6.96. The lowest BCUT2D eigenvalue weighted by molar-refractivity contribution is -0.150. The zero-order chi connectivity index (χ0) is 27.9. The normalized spacial score (nSPS) is 23.6. The van der Waals surface area contributed by atoms with E-state index in [1.54, 1.807) is 37.4 Å². The Hall–Kier alpha value is -3.73. The van der Waals surface area contributed by atoms with Crippen LogP contribution in [-0.2, 0) is 21.5 Å². The monoisotopic (exact) mass is 528 g/mol. The lowest BCUT2D eigenvalue weighted by Gasteiger charge is -2.37. The maximum Gasteiger partial charge on any atom is 0.331 e. The van der Waals surface area contributed by atoms with E-state index in [9.17, 15) is 14.7 Å². The molecule has 3 heterocycles. The number of hydrogen-bond acceptors (Lipinski definition) is 7. The average Bonchev–Trinajstić information content (AvgIpc) is 3.56. The first-order valence-electron chi connectivity index (χ1n) is 12.2. The van der Waals surface area contributed by atoms with Crippen LogP contribution < -0.4 is 4.74 Å². The average molecular weight is 529 g/mol. The molecule has 38 heavy (non-hydrogen) atoms. The highest BCUT2D eigenvalue weighted by Gasteiger charge is 2.67. The molecule has 0 bridgehead atoms. The Morgan fingerprint density at radius 3 is 2.53 bits per heavy atom. The van der Waals surface area contributed by atoms with Gasteiger partial charge in [-0.15, -0.1) is 0 Å². The lowest BCUT2D eigenvalue weighted by atomic mass is 9.85. The Labute approximate surface area is 220 Å². The number of methoxy groups -OCH3 is 2. The number of likely N-dealkylation sites (tertiary alicyclic amines) is 1. The zero-order valence-electron chi connectivity index (χ0n) is 22.4. The fourth-order valence-electron chi connectivity index (χ4n) is 5.36. The number of nitrogens with zero attached hydrogens (tertiary/aromatic N) is 4. The van der Waals surface area contributed by atoms with E-state index in [1.807, 2.05) is 20.8 Å². The van der Waals surface area contributed by atoms with Gasteiger partial charge in [-0.05, 0) is 36.1 Å². The number of amides is 1. The zero-order valence-corrected chi connectivity index (χ0v) is 22.4. The van der Waals surface area contributed by atoms with Crippen LogP contribution in [0.4, 0.5) is 4.39 Å². The molecule has 204 valence electrons. The summed E-state index contributed by atoms with van der Waals surface area (Å²) in [4.78, 5) is 28.5. The molecule has 3 atom stereocenters. The number of ether oxygens (including phenoxy) is 2. The summed E-state index contributed by atoms with van der Waals surface area (Å²) in [5.41, 5.74) is -3.50. The fraction of sp³-hybridized carbons (Fsp3) is 0.481. The van der Waals surface area contributed by atoms with Crippen molar-refractivity contribution in [1.29, 1.82) is 0 Å². The first-order chi connectivity index (χ1) is 17.9. The number of carbonyl (C=O) groups is 2. The molecule has 0 radical (unpaired) electrons. The van der Waals surface area contributed by atoms with Gasteiger partial charge >= 0.3 is 5.97 Å². The highest BCUT2D eigenvalue weighted by Crippen LogP contribution is 2.53. The molecule has 0 aliphatic carbocycles. The molecule has 3 unspecified atom stereocenters. The van der Waals surface area contributed by atoms with Gasteiger partial charge < -0.3 is 24.0 Å². The second kappa shape index (κ2) is 9.86. The summed E-state index contributed by atoms with van der Waals surface area (Å²) in [6.45, 7) is 6.92. The van der Waals surface area contributed by atoms with E-state index in [0.29, 0.717) is 11.5 Å². The molecule has 1 aliphatic heterocycles. The van der Waals surface area contributed by atoms with Gasteiger partial charge in [0.1, 0.15) is 23.2 Å². The maximum absolute atomic E-state index is 16.9. The van der Waals surface area contributed by atoms with E-state index in [4.69, 9.17) is 14.0 Å². The molecule has 2 aromatic heterocycles. The van der Waals surface area contributed by atoms with Crippen molar-refractivity contribution in [2.75, 3.05) is 20.8 Å². The molecular formula is C27H33FN4O6. The number of hydrogen-bond donors (Lipinski definition) is 1. The second-order valence-electron chi connectivity index (χ2n) is 10.8. The van der Waals surface area contributed by atoms with Crippen molar-refractivity contribution in [2.45, 2.75) is 63.3 Å². The van der Waals surface area contributed by atoms with Crippen LogP contribution in [0.3, 0.4) is 0 Å². The van der Waals surface area contributed by atoms with Gasteiger partial charge in [0, 0.05) is 37.6 Å². The number of aryl methyl sites for hydroxylation is 1. The predicted molar refractivity (Wildman–Crippen MR) is 135 cm³/mol. The molecular weight excluding hydrogens is 495 g/mol. The number of aromatic nitrogens is 3. The SMILES string of the molecule is COCC1(F)CC(Cn2cccn2)(C(=O)O)N(C(=O)c2ccc(C(C)(C)C)c(OC)c2)C1c1cc(C)on1. The van der Waals surface area contributed by atoms with Crippen molar-refractivity contribution < 1.29 is 33.1 Å². The number of benzene rings is 1. The van der Waals surface area contributed by atoms with E-state index in [1.165, 1.54) is 31.2 Å². The third kappa shape index (κ3) is 4.66. The minimum absolute atomic E-state index is 0.0947. The van der Waals surface area contributed by atoms with Crippen LogP contribution in [0.5, 0.6) is 5.75 Å². The van der Waals surface area contributed by atoms with E-state index in [2.05, 4.69) is 10.3 Å². The number of aliphatic carboxylic acids is 1. The van der Waals surface area contributed by atoms with Gasteiger partial charge in [-0.1, -0.05) is 32.0 Å². The highest BCUT2D eigenvalue weighted by atomic mass is 19.1. The summed E-state index contributed by atoms with van der Waals surface area (Å²) in [5.74, 6) is -1.21. The first kappa shape index (κ1) is 27.3. The summed E-state index contributed by atoms with van der Waals surface area (Å²) in [6, 6.07) is 6.65. The lowest BCUT2D eigenvalue weighted by Crippen LogP contribution is -2.56. The van der Waals surface area contributed by atoms with E-state index in [0.717, 1.165) is 10.5 Å². The van der Waals surface area contributed by atoms with Crippen molar-refractivity contribution >= 4 is 11.9 Å². The summed E-state index contributed by atoms with van der Waals surface area (Å²) in [5, 5.41) is 18.8. The van der Waals surface area contributed by atoms with Crippen molar-refractivity contribution in [3.05, 3.63) is 65.3 Å². The Morgan fingerprint density at radius 2 is 2.00 bits per heavy atom. The summed E-state index contributed by atoms with van der Waals surface area (Å²) in [7, 11) is 2.82.